The van der Waals surface area contributed by atoms with E-state index in [1.165, 1.54) is 82.7 Å². The summed E-state index contributed by atoms with van der Waals surface area (Å²) in [5.41, 5.74) is 12.6. The van der Waals surface area contributed by atoms with E-state index in [-0.39, 0.29) is 0 Å². The first kappa shape index (κ1) is 23.4. The van der Waals surface area contributed by atoms with E-state index < -0.39 is 0 Å². The number of allylic oxidation sites excluding steroid dienone is 1. The van der Waals surface area contributed by atoms with Gasteiger partial charge in [0.05, 0.1) is 11.2 Å². The molecule has 0 radical (unpaired) electrons. The minimum atomic E-state index is 1.03. The summed E-state index contributed by atoms with van der Waals surface area (Å²) in [4.78, 5) is 3.57. The minimum absolute atomic E-state index is 1.03. The van der Waals surface area contributed by atoms with E-state index in [1.54, 1.807) is 0 Å². The predicted molar refractivity (Wildman–Crippen MR) is 178 cm³/mol. The second-order valence-electron chi connectivity index (χ2n) is 11.3. The fourth-order valence-electron chi connectivity index (χ4n) is 7.05. The quantitative estimate of drug-likeness (QED) is 0.232. The number of hydrogen-bond acceptors (Lipinski definition) is 0. The van der Waals surface area contributed by atoms with Crippen LogP contribution in [0.25, 0.3) is 77.5 Å². The van der Waals surface area contributed by atoms with Crippen LogP contribution in [-0.4, -0.2) is 9.55 Å². The summed E-state index contributed by atoms with van der Waals surface area (Å²) < 4.78 is 2.53. The third kappa shape index (κ3) is 3.45. The van der Waals surface area contributed by atoms with Crippen molar-refractivity contribution in [3.8, 4) is 27.9 Å². The lowest BCUT2D eigenvalue weighted by Crippen LogP contribution is -2.04. The van der Waals surface area contributed by atoms with Gasteiger partial charge in [0.15, 0.2) is 0 Å². The summed E-state index contributed by atoms with van der Waals surface area (Å²) in [5.74, 6) is 0. The van der Waals surface area contributed by atoms with E-state index in [0.717, 1.165) is 12.8 Å². The van der Waals surface area contributed by atoms with Crippen molar-refractivity contribution in [2.45, 2.75) is 12.8 Å². The molecule has 0 fully saturated rings. The van der Waals surface area contributed by atoms with Gasteiger partial charge in [-0.05, 0) is 76.9 Å². The number of nitrogens with one attached hydrogen (secondary N) is 1. The van der Waals surface area contributed by atoms with Gasteiger partial charge >= 0.3 is 0 Å². The number of aromatic nitrogens is 2. The number of hydrogen-bond donors (Lipinski definition) is 1. The zero-order valence-electron chi connectivity index (χ0n) is 23.1. The number of fused-ring (bicyclic) bond motifs is 7. The van der Waals surface area contributed by atoms with Crippen LogP contribution < -0.4 is 0 Å². The number of rotatable bonds is 3. The van der Waals surface area contributed by atoms with Crippen molar-refractivity contribution in [2.75, 3.05) is 0 Å². The van der Waals surface area contributed by atoms with Crippen molar-refractivity contribution >= 4 is 49.6 Å². The van der Waals surface area contributed by atoms with Crippen molar-refractivity contribution in [3.63, 3.8) is 0 Å². The molecular weight excluding hydrogens is 508 g/mol. The van der Waals surface area contributed by atoms with Gasteiger partial charge in [-0.1, -0.05) is 103 Å². The predicted octanol–water partition coefficient (Wildman–Crippen LogP) is 10.7. The van der Waals surface area contributed by atoms with E-state index in [4.69, 9.17) is 0 Å². The minimum Gasteiger partial charge on any atom is -0.355 e. The molecule has 0 bridgehead atoms. The average molecular weight is 537 g/mol. The smallest absolute Gasteiger partial charge is 0.0538 e. The Labute approximate surface area is 244 Å². The van der Waals surface area contributed by atoms with Crippen LogP contribution in [0.3, 0.4) is 0 Å². The fourth-order valence-corrected chi connectivity index (χ4v) is 7.05. The summed E-state index contributed by atoms with van der Waals surface area (Å²) in [5, 5.41) is 6.42. The highest BCUT2D eigenvalue weighted by Crippen LogP contribution is 2.40. The zero-order chi connectivity index (χ0) is 27.6. The Morgan fingerprint density at radius 1 is 0.524 bits per heavy atom. The van der Waals surface area contributed by atoms with Crippen LogP contribution in [0.5, 0.6) is 0 Å². The molecule has 2 nitrogen and oxygen atoms in total. The normalized spacial score (nSPS) is 13.0. The highest BCUT2D eigenvalue weighted by Gasteiger charge is 2.21. The highest BCUT2D eigenvalue weighted by molar-refractivity contribution is 6.09. The summed E-state index contributed by atoms with van der Waals surface area (Å²) >= 11 is 0. The first-order valence-corrected chi connectivity index (χ1v) is 14.8. The van der Waals surface area contributed by atoms with E-state index in [9.17, 15) is 0 Å². The maximum Gasteiger partial charge on any atom is 0.0538 e. The van der Waals surface area contributed by atoms with Gasteiger partial charge in [-0.15, -0.1) is 0 Å². The molecule has 0 saturated carbocycles. The van der Waals surface area contributed by atoms with Gasteiger partial charge < -0.3 is 9.55 Å². The number of aromatic amines is 1. The van der Waals surface area contributed by atoms with Crippen LogP contribution in [0.2, 0.25) is 0 Å². The third-order valence-corrected chi connectivity index (χ3v) is 9.01. The number of para-hydroxylation sites is 1. The summed E-state index contributed by atoms with van der Waals surface area (Å²) in [6.45, 7) is 0. The van der Waals surface area contributed by atoms with Gasteiger partial charge in [0.1, 0.15) is 0 Å². The SMILES string of the molecule is C1=Cc2c(n(-c3ccc(-c4ccccc4)c4ccccc34)c3ccc(-c4ccc5[nH]c6ccccc6c5c4)cc23)CC1. The summed E-state index contributed by atoms with van der Waals surface area (Å²) in [6.07, 6.45) is 6.76. The molecule has 2 heterocycles. The van der Waals surface area contributed by atoms with E-state index in [0.29, 0.717) is 0 Å². The molecule has 1 N–H and O–H groups in total. The van der Waals surface area contributed by atoms with Crippen LogP contribution in [-0.2, 0) is 6.42 Å². The molecule has 0 saturated heterocycles. The van der Waals surface area contributed by atoms with Crippen LogP contribution in [0.15, 0.2) is 133 Å². The number of H-pyrrole nitrogens is 1. The second kappa shape index (κ2) is 9.09. The Kier molecular flexibility index (Phi) is 5.06. The Balaban J connectivity index is 1.26. The molecule has 42 heavy (non-hydrogen) atoms. The Morgan fingerprint density at radius 2 is 1.24 bits per heavy atom. The zero-order valence-corrected chi connectivity index (χ0v) is 23.1. The van der Waals surface area contributed by atoms with Crippen LogP contribution in [0, 0.1) is 0 Å². The molecule has 1 aliphatic rings. The summed E-state index contributed by atoms with van der Waals surface area (Å²) in [7, 11) is 0. The molecule has 0 unspecified atom stereocenters. The molecule has 2 heteroatoms. The Hall–Kier alpha value is -5.34. The van der Waals surface area contributed by atoms with Gasteiger partial charge in [-0.25, -0.2) is 0 Å². The largest absolute Gasteiger partial charge is 0.355 e. The molecular formula is C40H28N2. The first-order chi connectivity index (χ1) is 20.8. The Morgan fingerprint density at radius 3 is 2.12 bits per heavy atom. The van der Waals surface area contributed by atoms with Gasteiger partial charge in [-0.2, -0.15) is 0 Å². The standard InChI is InChI=1S/C40H28N2/c1-2-10-26(11-3-1)29-20-23-39(32-14-5-4-12-30(29)32)42-38-17-9-7-15-33(38)35-25-28(19-22-40(35)42)27-18-21-37-34(24-27)31-13-6-8-16-36(31)41-37/h1-8,10-16,18-25,41H,9,17H2. The molecule has 0 aliphatic heterocycles. The summed E-state index contributed by atoms with van der Waals surface area (Å²) in [6, 6.07) is 46.6. The van der Waals surface area contributed by atoms with Crippen LogP contribution in [0.1, 0.15) is 17.7 Å². The molecule has 0 atom stereocenters. The van der Waals surface area contributed by atoms with Gasteiger partial charge in [0, 0.05) is 43.8 Å². The molecule has 8 aromatic rings. The lowest BCUT2D eigenvalue weighted by Gasteiger charge is -2.17. The van der Waals surface area contributed by atoms with Crippen molar-refractivity contribution < 1.29 is 0 Å². The van der Waals surface area contributed by atoms with Crippen molar-refractivity contribution in [1.29, 1.82) is 0 Å². The molecule has 9 rings (SSSR count). The lowest BCUT2D eigenvalue weighted by atomic mass is 9.97. The van der Waals surface area contributed by atoms with E-state index in [2.05, 4.69) is 149 Å². The average Bonchev–Trinajstić information content (AvgIpc) is 3.59. The van der Waals surface area contributed by atoms with E-state index >= 15 is 0 Å². The molecule has 2 aromatic heterocycles. The molecule has 198 valence electrons. The Bertz CT molecular complexity index is 2350. The van der Waals surface area contributed by atoms with Gasteiger partial charge in [-0.3, -0.25) is 0 Å². The van der Waals surface area contributed by atoms with Gasteiger partial charge in [0.2, 0.25) is 0 Å². The van der Waals surface area contributed by atoms with E-state index in [1.807, 2.05) is 0 Å². The van der Waals surface area contributed by atoms with Crippen LogP contribution >= 0.6 is 0 Å². The number of nitrogens with zero attached hydrogens (tertiary/aromatic N) is 1. The fraction of sp³-hybridized carbons (Fsp3) is 0.0500. The van der Waals surface area contributed by atoms with Crippen molar-refractivity contribution in [2.24, 2.45) is 0 Å². The van der Waals surface area contributed by atoms with Crippen LogP contribution in [0.4, 0.5) is 0 Å². The molecule has 1 aliphatic carbocycles. The molecule has 0 amide bonds. The second-order valence-corrected chi connectivity index (χ2v) is 11.3. The van der Waals surface area contributed by atoms with Crippen molar-refractivity contribution in [3.05, 3.63) is 145 Å². The maximum absolute atomic E-state index is 3.57. The monoisotopic (exact) mass is 536 g/mol. The van der Waals surface area contributed by atoms with Gasteiger partial charge in [0.25, 0.3) is 0 Å². The topological polar surface area (TPSA) is 20.7 Å². The molecule has 6 aromatic carbocycles. The van der Waals surface area contributed by atoms with Crippen molar-refractivity contribution in [1.82, 2.24) is 9.55 Å². The lowest BCUT2D eigenvalue weighted by molar-refractivity contribution is 0.892. The third-order valence-electron chi connectivity index (χ3n) is 9.01. The molecule has 0 spiro atoms. The highest BCUT2D eigenvalue weighted by atomic mass is 15.0. The first-order valence-electron chi connectivity index (χ1n) is 14.8. The number of benzene rings is 6. The maximum atomic E-state index is 3.57.